The molecule has 5 rings (SSSR count). The van der Waals surface area contributed by atoms with Crippen molar-refractivity contribution in [3.05, 3.63) is 41.0 Å². The zero-order valence-electron chi connectivity index (χ0n) is 25.8. The lowest BCUT2D eigenvalue weighted by Gasteiger charge is -2.22. The highest BCUT2D eigenvalue weighted by atomic mass is 32.1. The molecule has 4 N–H and O–H groups in total. The van der Waals surface area contributed by atoms with E-state index in [1.165, 1.54) is 30.7 Å². The maximum atomic E-state index is 12.9. The van der Waals surface area contributed by atoms with E-state index in [0.29, 0.717) is 39.5 Å². The number of likely N-dealkylation sites (tertiary alicyclic amines) is 1. The molecular weight excluding hydrogens is 544 g/mol. The molecule has 3 aromatic rings. The van der Waals surface area contributed by atoms with E-state index in [1.807, 2.05) is 5.32 Å². The lowest BCUT2D eigenvalue weighted by molar-refractivity contribution is -0.117. The van der Waals surface area contributed by atoms with Gasteiger partial charge in [0.05, 0.1) is 30.2 Å². The van der Waals surface area contributed by atoms with E-state index in [0.717, 1.165) is 38.8 Å². The SMILES string of the molecule is [2H]C([2H])([2H])NC(=O)c1nnc(NC(=O)C2CC2)cc1Nc1cccc(-c2ncc(C(=O)NC[C@H]3CCCN3CC)s2)c1OC. The number of carbonyl (C=O) groups excluding carboxylic acids is 3. The Hall–Kier alpha value is -4.10. The highest BCUT2D eigenvalue weighted by Crippen LogP contribution is 2.40. The lowest BCUT2D eigenvalue weighted by Crippen LogP contribution is -2.39. The molecule has 41 heavy (non-hydrogen) atoms. The summed E-state index contributed by atoms with van der Waals surface area (Å²) >= 11 is 1.22. The molecule has 3 amide bonds. The normalized spacial score (nSPS) is 18.1. The second kappa shape index (κ2) is 12.6. The predicted molar refractivity (Wildman–Crippen MR) is 157 cm³/mol. The second-order valence-corrected chi connectivity index (χ2v) is 10.9. The van der Waals surface area contributed by atoms with Gasteiger partial charge in [0.1, 0.15) is 9.88 Å². The molecule has 216 valence electrons. The van der Waals surface area contributed by atoms with Crippen LogP contribution < -0.4 is 26.0 Å². The van der Waals surface area contributed by atoms with E-state index in [1.54, 1.807) is 18.2 Å². The van der Waals surface area contributed by atoms with Crippen molar-refractivity contribution in [2.45, 2.75) is 38.6 Å². The molecule has 0 radical (unpaired) electrons. The Morgan fingerprint density at radius 3 is 2.78 bits per heavy atom. The minimum absolute atomic E-state index is 0.0931. The van der Waals surface area contributed by atoms with Crippen molar-refractivity contribution in [2.24, 2.45) is 5.92 Å². The Bertz CT molecular complexity index is 1550. The van der Waals surface area contributed by atoms with Crippen LogP contribution in [0, 0.1) is 5.92 Å². The quantitative estimate of drug-likeness (QED) is 0.267. The van der Waals surface area contributed by atoms with Gasteiger partial charge >= 0.3 is 0 Å². The number of carbonyl (C=O) groups is 3. The molecule has 0 spiro atoms. The summed E-state index contributed by atoms with van der Waals surface area (Å²) in [4.78, 5) is 45.4. The molecule has 1 aliphatic heterocycles. The highest BCUT2D eigenvalue weighted by molar-refractivity contribution is 7.17. The average molecular weight is 582 g/mol. The summed E-state index contributed by atoms with van der Waals surface area (Å²) in [6.45, 7) is 1.93. The number of aromatic nitrogens is 3. The minimum Gasteiger partial charge on any atom is -0.494 e. The van der Waals surface area contributed by atoms with Crippen molar-refractivity contribution in [1.29, 1.82) is 0 Å². The summed E-state index contributed by atoms with van der Waals surface area (Å²) in [5, 5.41) is 19.1. The van der Waals surface area contributed by atoms with Crippen LogP contribution in [0.25, 0.3) is 10.6 Å². The van der Waals surface area contributed by atoms with Gasteiger partial charge in [0.25, 0.3) is 11.8 Å². The van der Waals surface area contributed by atoms with E-state index in [-0.39, 0.29) is 34.9 Å². The molecule has 13 heteroatoms. The number of para-hydroxylation sites is 1. The molecular formula is C28H34N8O4S. The number of amides is 3. The van der Waals surface area contributed by atoms with Crippen molar-refractivity contribution in [1.82, 2.24) is 30.7 Å². The van der Waals surface area contributed by atoms with Gasteiger partial charge in [-0.3, -0.25) is 19.3 Å². The largest absolute Gasteiger partial charge is 0.494 e. The first-order chi connectivity index (χ1) is 21.1. The van der Waals surface area contributed by atoms with Crippen LogP contribution in [0.3, 0.4) is 0 Å². The zero-order valence-corrected chi connectivity index (χ0v) is 23.6. The van der Waals surface area contributed by atoms with Crippen LogP contribution in [0.1, 0.15) is 56.9 Å². The molecule has 1 saturated carbocycles. The fraction of sp³-hybridized carbons (Fsp3) is 0.429. The number of hydrogen-bond donors (Lipinski definition) is 4. The summed E-state index contributed by atoms with van der Waals surface area (Å²) in [7, 11) is 1.47. The molecule has 2 aliphatic rings. The van der Waals surface area contributed by atoms with Crippen LogP contribution in [-0.2, 0) is 4.79 Å². The summed E-state index contributed by atoms with van der Waals surface area (Å²) in [6.07, 6.45) is 5.28. The summed E-state index contributed by atoms with van der Waals surface area (Å²) in [5.74, 6) is -1.02. The molecule has 1 aliphatic carbocycles. The number of likely N-dealkylation sites (N-methyl/N-ethyl adjacent to an activating group) is 1. The minimum atomic E-state index is -2.76. The number of rotatable bonds is 11. The lowest BCUT2D eigenvalue weighted by atomic mass is 10.1. The smallest absolute Gasteiger partial charge is 0.273 e. The van der Waals surface area contributed by atoms with Gasteiger partial charge in [-0.05, 0) is 50.9 Å². The fourth-order valence-corrected chi connectivity index (χ4v) is 5.72. The number of ether oxygens (including phenoxy) is 1. The molecule has 1 atom stereocenters. The number of nitrogens with one attached hydrogen (secondary N) is 4. The fourth-order valence-electron chi connectivity index (χ4n) is 4.86. The van der Waals surface area contributed by atoms with Crippen molar-refractivity contribution < 1.29 is 23.2 Å². The van der Waals surface area contributed by atoms with Gasteiger partial charge in [0.15, 0.2) is 17.3 Å². The van der Waals surface area contributed by atoms with Gasteiger partial charge in [0, 0.05) is 35.7 Å². The molecule has 2 fully saturated rings. The van der Waals surface area contributed by atoms with Crippen LogP contribution >= 0.6 is 11.3 Å². The average Bonchev–Trinajstić information content (AvgIpc) is 3.54. The van der Waals surface area contributed by atoms with Crippen LogP contribution in [0.15, 0.2) is 30.5 Å². The van der Waals surface area contributed by atoms with Crippen LogP contribution in [-0.4, -0.2) is 77.6 Å². The Morgan fingerprint density at radius 1 is 1.17 bits per heavy atom. The summed E-state index contributed by atoms with van der Waals surface area (Å²) < 4.78 is 28.0. The number of nitrogens with zero attached hydrogens (tertiary/aromatic N) is 4. The van der Waals surface area contributed by atoms with Crippen molar-refractivity contribution >= 4 is 46.3 Å². The number of methoxy groups -OCH3 is 1. The Morgan fingerprint density at radius 2 is 2.02 bits per heavy atom. The van der Waals surface area contributed by atoms with Crippen molar-refractivity contribution in [3.63, 3.8) is 0 Å². The van der Waals surface area contributed by atoms with Crippen LogP contribution in [0.4, 0.5) is 17.2 Å². The molecule has 0 bridgehead atoms. The summed E-state index contributed by atoms with van der Waals surface area (Å²) in [6, 6.07) is 6.96. The molecule has 0 unspecified atom stereocenters. The van der Waals surface area contributed by atoms with E-state index < -0.39 is 12.9 Å². The standard InChI is InChI=1S/C28H34N8O4S/c1-4-36-12-6-7-17(36)14-30-26(38)21-15-31-28(41-21)18-8-5-9-19(24(18)40-3)32-20-13-22(33-25(37)16-10-11-16)34-35-23(20)27(39)29-2/h5,8-9,13,15-17H,4,6-7,10-12,14H2,1-3H3,(H,29,39)(H,30,38)(H2,32,33,34,37)/t17-/m1/s1/i2D3. The third-order valence-corrected chi connectivity index (χ3v) is 8.20. The number of benzene rings is 1. The molecule has 2 aromatic heterocycles. The Kier molecular flexibility index (Phi) is 7.59. The zero-order chi connectivity index (χ0) is 31.4. The van der Waals surface area contributed by atoms with Gasteiger partial charge in [-0.2, -0.15) is 0 Å². The van der Waals surface area contributed by atoms with Crippen LogP contribution in [0.2, 0.25) is 0 Å². The second-order valence-electron chi connectivity index (χ2n) is 9.89. The number of hydrogen-bond acceptors (Lipinski definition) is 10. The van der Waals surface area contributed by atoms with Gasteiger partial charge in [0.2, 0.25) is 5.91 Å². The molecule has 12 nitrogen and oxygen atoms in total. The van der Waals surface area contributed by atoms with Gasteiger partial charge < -0.3 is 26.0 Å². The van der Waals surface area contributed by atoms with Crippen molar-refractivity contribution in [3.8, 4) is 16.3 Å². The summed E-state index contributed by atoms with van der Waals surface area (Å²) in [5.41, 5.74) is 0.792. The molecule has 1 saturated heterocycles. The number of anilines is 3. The monoisotopic (exact) mass is 581 g/mol. The van der Waals surface area contributed by atoms with Gasteiger partial charge in [-0.1, -0.05) is 13.0 Å². The number of thiazole rings is 1. The predicted octanol–water partition coefficient (Wildman–Crippen LogP) is 3.27. The van der Waals surface area contributed by atoms with Crippen molar-refractivity contribution in [2.75, 3.05) is 44.4 Å². The Labute approximate surface area is 246 Å². The first-order valence-corrected chi connectivity index (χ1v) is 14.3. The molecule has 3 heterocycles. The van der Waals surface area contributed by atoms with Gasteiger partial charge in [-0.15, -0.1) is 21.5 Å². The first-order valence-electron chi connectivity index (χ1n) is 15.0. The highest BCUT2D eigenvalue weighted by Gasteiger charge is 2.30. The first kappa shape index (κ1) is 24.7. The Balaban J connectivity index is 1.39. The van der Waals surface area contributed by atoms with Crippen LogP contribution in [0.5, 0.6) is 5.75 Å². The third kappa shape index (κ3) is 6.46. The molecule has 1 aromatic carbocycles. The van der Waals surface area contributed by atoms with E-state index >= 15 is 0 Å². The maximum Gasteiger partial charge on any atom is 0.273 e. The third-order valence-electron chi connectivity index (χ3n) is 7.17. The van der Waals surface area contributed by atoms with E-state index in [4.69, 9.17) is 8.85 Å². The van der Waals surface area contributed by atoms with E-state index in [9.17, 15) is 14.4 Å². The van der Waals surface area contributed by atoms with Gasteiger partial charge in [-0.25, -0.2) is 4.98 Å². The topological polar surface area (TPSA) is 150 Å². The maximum absolute atomic E-state index is 12.9. The van der Waals surface area contributed by atoms with E-state index in [2.05, 4.69) is 43.0 Å².